The van der Waals surface area contributed by atoms with Crippen LogP contribution in [0.2, 0.25) is 10.0 Å². The molecule has 0 aromatic heterocycles. The molecule has 108 valence electrons. The summed E-state index contributed by atoms with van der Waals surface area (Å²) in [7, 11) is 1.54. The fourth-order valence-electron chi connectivity index (χ4n) is 1.72. The Morgan fingerprint density at radius 1 is 1.14 bits per heavy atom. The summed E-state index contributed by atoms with van der Waals surface area (Å²) in [4.78, 5) is 11.9. The van der Waals surface area contributed by atoms with E-state index in [9.17, 15) is 4.79 Å². The molecule has 0 saturated heterocycles. The monoisotopic (exact) mass is 321 g/mol. The predicted molar refractivity (Wildman–Crippen MR) is 87.1 cm³/mol. The number of hydrogen-bond donors (Lipinski definition) is 1. The summed E-state index contributed by atoms with van der Waals surface area (Å²) in [6.07, 6.45) is 3.01. The van der Waals surface area contributed by atoms with Crippen molar-refractivity contribution in [2.24, 2.45) is 0 Å². The Bertz CT molecular complexity index is 684. The first kappa shape index (κ1) is 15.4. The van der Waals surface area contributed by atoms with Gasteiger partial charge in [-0.15, -0.1) is 0 Å². The summed E-state index contributed by atoms with van der Waals surface area (Å²) >= 11 is 12.1. The second-order valence-electron chi connectivity index (χ2n) is 4.17. The third-order valence-corrected chi connectivity index (χ3v) is 3.49. The largest absolute Gasteiger partial charge is 0.495 e. The maximum atomic E-state index is 11.9. The number of amides is 1. The Hall–Kier alpha value is -1.97. The van der Waals surface area contributed by atoms with E-state index >= 15 is 0 Å². The van der Waals surface area contributed by atoms with Gasteiger partial charge in [0, 0.05) is 6.08 Å². The van der Waals surface area contributed by atoms with Gasteiger partial charge in [0.2, 0.25) is 5.91 Å². The lowest BCUT2D eigenvalue weighted by molar-refractivity contribution is -0.111. The van der Waals surface area contributed by atoms with Gasteiger partial charge < -0.3 is 10.1 Å². The molecule has 2 rings (SSSR count). The third kappa shape index (κ3) is 4.00. The summed E-state index contributed by atoms with van der Waals surface area (Å²) in [5.74, 6) is 0.271. The van der Waals surface area contributed by atoms with E-state index in [0.717, 1.165) is 0 Å². The number of hydrogen-bond acceptors (Lipinski definition) is 2. The van der Waals surface area contributed by atoms with Crippen LogP contribution in [0.4, 0.5) is 5.69 Å². The minimum Gasteiger partial charge on any atom is -0.495 e. The highest BCUT2D eigenvalue weighted by molar-refractivity contribution is 6.34. The van der Waals surface area contributed by atoms with Gasteiger partial charge in [0.15, 0.2) is 0 Å². The highest BCUT2D eigenvalue weighted by Gasteiger charge is 2.05. The lowest BCUT2D eigenvalue weighted by Gasteiger charge is -2.06. The van der Waals surface area contributed by atoms with Crippen molar-refractivity contribution < 1.29 is 9.53 Å². The molecular weight excluding hydrogens is 309 g/mol. The molecule has 0 aliphatic carbocycles. The molecule has 0 radical (unpaired) electrons. The number of methoxy groups -OCH3 is 1. The standard InChI is InChI=1S/C16H13Cl2NO2/c1-21-14-8-4-5-11(16(14)18)9-10-15(20)19-13-7-3-2-6-12(13)17/h2-10H,1H3,(H,19,20)/b10-9+. The second kappa shape index (κ2) is 7.16. The van der Waals surface area contributed by atoms with Crippen molar-refractivity contribution in [3.8, 4) is 5.75 Å². The number of rotatable bonds is 4. The van der Waals surface area contributed by atoms with Crippen LogP contribution in [0.1, 0.15) is 5.56 Å². The quantitative estimate of drug-likeness (QED) is 0.832. The highest BCUT2D eigenvalue weighted by Crippen LogP contribution is 2.28. The van der Waals surface area contributed by atoms with Crippen LogP contribution >= 0.6 is 23.2 Å². The van der Waals surface area contributed by atoms with Gasteiger partial charge in [-0.25, -0.2) is 0 Å². The van der Waals surface area contributed by atoms with Gasteiger partial charge in [-0.05, 0) is 29.8 Å². The number of halogens is 2. The van der Waals surface area contributed by atoms with Crippen LogP contribution in [0, 0.1) is 0 Å². The molecule has 0 heterocycles. The maximum Gasteiger partial charge on any atom is 0.248 e. The molecule has 1 amide bonds. The van der Waals surface area contributed by atoms with Crippen LogP contribution in [0.3, 0.4) is 0 Å². The summed E-state index contributed by atoms with van der Waals surface area (Å²) in [6, 6.07) is 12.4. The molecule has 0 aliphatic rings. The van der Waals surface area contributed by atoms with Crippen molar-refractivity contribution in [3.05, 3.63) is 64.1 Å². The van der Waals surface area contributed by atoms with Gasteiger partial charge in [0.25, 0.3) is 0 Å². The molecular formula is C16H13Cl2NO2. The fraction of sp³-hybridized carbons (Fsp3) is 0.0625. The van der Waals surface area contributed by atoms with Gasteiger partial charge in [0.1, 0.15) is 5.75 Å². The van der Waals surface area contributed by atoms with E-state index in [1.807, 2.05) is 0 Å². The van der Waals surface area contributed by atoms with Gasteiger partial charge in [-0.2, -0.15) is 0 Å². The number of ether oxygens (including phenoxy) is 1. The molecule has 5 heteroatoms. The molecule has 1 N–H and O–H groups in total. The Morgan fingerprint density at radius 3 is 2.62 bits per heavy atom. The molecule has 2 aromatic carbocycles. The Labute approximate surface area is 133 Å². The predicted octanol–water partition coefficient (Wildman–Crippen LogP) is 4.65. The first-order chi connectivity index (χ1) is 10.1. The van der Waals surface area contributed by atoms with E-state index in [-0.39, 0.29) is 5.91 Å². The summed E-state index contributed by atoms with van der Waals surface area (Å²) in [5.41, 5.74) is 1.26. The molecule has 0 spiro atoms. The van der Waals surface area contributed by atoms with Crippen LogP contribution < -0.4 is 10.1 Å². The van der Waals surface area contributed by atoms with E-state index in [0.29, 0.717) is 27.0 Å². The Kier molecular flexibility index (Phi) is 5.26. The van der Waals surface area contributed by atoms with E-state index in [1.165, 1.54) is 6.08 Å². The van der Waals surface area contributed by atoms with E-state index in [4.69, 9.17) is 27.9 Å². The number of carbonyl (C=O) groups excluding carboxylic acids is 1. The molecule has 0 bridgehead atoms. The smallest absolute Gasteiger partial charge is 0.248 e. The Balaban J connectivity index is 2.11. The van der Waals surface area contributed by atoms with Crippen molar-refractivity contribution >= 4 is 40.9 Å². The van der Waals surface area contributed by atoms with E-state index < -0.39 is 0 Å². The van der Waals surface area contributed by atoms with Crippen LogP contribution in [0.5, 0.6) is 5.75 Å². The van der Waals surface area contributed by atoms with E-state index in [1.54, 1.807) is 55.7 Å². The number of para-hydroxylation sites is 1. The highest BCUT2D eigenvalue weighted by atomic mass is 35.5. The van der Waals surface area contributed by atoms with Gasteiger partial charge in [-0.1, -0.05) is 47.5 Å². The molecule has 0 fully saturated rings. The van der Waals surface area contributed by atoms with Gasteiger partial charge in [-0.3, -0.25) is 4.79 Å². The molecule has 21 heavy (non-hydrogen) atoms. The molecule has 2 aromatic rings. The zero-order chi connectivity index (χ0) is 15.2. The minimum absolute atomic E-state index is 0.290. The van der Waals surface area contributed by atoms with Gasteiger partial charge in [0.05, 0.1) is 22.8 Å². The Morgan fingerprint density at radius 2 is 1.90 bits per heavy atom. The van der Waals surface area contributed by atoms with Crippen LogP contribution in [-0.4, -0.2) is 13.0 Å². The lowest BCUT2D eigenvalue weighted by atomic mass is 10.2. The average Bonchev–Trinajstić information content (AvgIpc) is 2.48. The number of carbonyl (C=O) groups is 1. The topological polar surface area (TPSA) is 38.3 Å². The molecule has 0 unspecified atom stereocenters. The summed E-state index contributed by atoms with van der Waals surface area (Å²) in [6.45, 7) is 0. The third-order valence-electron chi connectivity index (χ3n) is 2.76. The van der Waals surface area contributed by atoms with Crippen molar-refractivity contribution in [1.82, 2.24) is 0 Å². The normalized spacial score (nSPS) is 10.6. The average molecular weight is 322 g/mol. The zero-order valence-corrected chi connectivity index (χ0v) is 12.8. The molecule has 3 nitrogen and oxygen atoms in total. The van der Waals surface area contributed by atoms with Gasteiger partial charge >= 0.3 is 0 Å². The maximum absolute atomic E-state index is 11.9. The SMILES string of the molecule is COc1cccc(/C=C/C(=O)Nc2ccccc2Cl)c1Cl. The lowest BCUT2D eigenvalue weighted by Crippen LogP contribution is -2.07. The first-order valence-electron chi connectivity index (χ1n) is 6.18. The van der Waals surface area contributed by atoms with E-state index in [2.05, 4.69) is 5.32 Å². The molecule has 0 atom stereocenters. The summed E-state index contributed by atoms with van der Waals surface area (Å²) in [5, 5.41) is 3.64. The van der Waals surface area contributed by atoms with Crippen LogP contribution in [0.15, 0.2) is 48.5 Å². The van der Waals surface area contributed by atoms with Crippen LogP contribution in [0.25, 0.3) is 6.08 Å². The number of nitrogens with one attached hydrogen (secondary N) is 1. The van der Waals surface area contributed by atoms with Crippen molar-refractivity contribution in [2.75, 3.05) is 12.4 Å². The molecule has 0 saturated carbocycles. The fourth-order valence-corrected chi connectivity index (χ4v) is 2.17. The first-order valence-corrected chi connectivity index (χ1v) is 6.93. The molecule has 0 aliphatic heterocycles. The minimum atomic E-state index is -0.290. The van der Waals surface area contributed by atoms with Crippen molar-refractivity contribution in [2.45, 2.75) is 0 Å². The summed E-state index contributed by atoms with van der Waals surface area (Å²) < 4.78 is 5.12. The zero-order valence-electron chi connectivity index (χ0n) is 11.3. The van der Waals surface area contributed by atoms with Crippen molar-refractivity contribution in [3.63, 3.8) is 0 Å². The number of benzene rings is 2. The van der Waals surface area contributed by atoms with Crippen LogP contribution in [-0.2, 0) is 4.79 Å². The number of anilines is 1. The van der Waals surface area contributed by atoms with Crippen molar-refractivity contribution in [1.29, 1.82) is 0 Å². The second-order valence-corrected chi connectivity index (χ2v) is 4.95.